The summed E-state index contributed by atoms with van der Waals surface area (Å²) >= 11 is 0. The van der Waals surface area contributed by atoms with Gasteiger partial charge in [0, 0.05) is 18.1 Å². The van der Waals surface area contributed by atoms with E-state index in [0.717, 1.165) is 34.7 Å². The van der Waals surface area contributed by atoms with Gasteiger partial charge in [0.2, 0.25) is 0 Å². The maximum Gasteiger partial charge on any atom is 0.191 e. The highest BCUT2D eigenvalue weighted by Gasteiger charge is 2.06. The molecule has 1 atom stereocenters. The molecule has 0 bridgehead atoms. The molecule has 0 saturated heterocycles. The quantitative estimate of drug-likeness (QED) is 0.293. The summed E-state index contributed by atoms with van der Waals surface area (Å²) in [5.41, 5.74) is 2.15. The molecule has 0 spiro atoms. The van der Waals surface area contributed by atoms with E-state index in [1.165, 1.54) is 0 Å². The molecular weight excluding hydrogens is 463 g/mol. The molecule has 0 aliphatic carbocycles. The lowest BCUT2D eigenvalue weighted by Crippen LogP contribution is -2.41. The van der Waals surface area contributed by atoms with E-state index in [1.54, 1.807) is 0 Å². The van der Waals surface area contributed by atoms with Crippen LogP contribution in [0.1, 0.15) is 19.4 Å². The first-order chi connectivity index (χ1) is 13.3. The van der Waals surface area contributed by atoms with E-state index >= 15 is 0 Å². The third-order valence-corrected chi connectivity index (χ3v) is 4.13. The molecule has 3 aromatic rings. The second-order valence-corrected chi connectivity index (χ2v) is 6.30. The number of rotatable bonds is 7. The molecule has 0 fully saturated rings. The van der Waals surface area contributed by atoms with E-state index in [-0.39, 0.29) is 30.1 Å². The number of benzene rings is 2. The molecule has 0 aliphatic rings. The first-order valence-electron chi connectivity index (χ1n) is 9.32. The number of halogens is 1. The highest BCUT2D eigenvalue weighted by Crippen LogP contribution is 2.16. The van der Waals surface area contributed by atoms with Gasteiger partial charge in [-0.25, -0.2) is 4.99 Å². The van der Waals surface area contributed by atoms with Crippen molar-refractivity contribution < 1.29 is 4.74 Å². The number of nitrogens with one attached hydrogen (secondary N) is 2. The SMILES string of the molecule is CCNC(=NCc1ccnc2ccccc12)NCC(C)Oc1ccccc1.I. The van der Waals surface area contributed by atoms with E-state index < -0.39 is 0 Å². The van der Waals surface area contributed by atoms with Crippen LogP contribution in [0.15, 0.2) is 71.9 Å². The lowest BCUT2D eigenvalue weighted by molar-refractivity contribution is 0.224. The summed E-state index contributed by atoms with van der Waals surface area (Å²) in [5.74, 6) is 1.65. The van der Waals surface area contributed by atoms with Crippen LogP contribution in [0.3, 0.4) is 0 Å². The molecule has 6 heteroatoms. The van der Waals surface area contributed by atoms with Crippen molar-refractivity contribution in [2.45, 2.75) is 26.5 Å². The van der Waals surface area contributed by atoms with Gasteiger partial charge in [0.1, 0.15) is 11.9 Å². The van der Waals surface area contributed by atoms with Gasteiger partial charge in [-0.3, -0.25) is 4.98 Å². The normalized spacial score (nSPS) is 12.1. The monoisotopic (exact) mass is 490 g/mol. The maximum atomic E-state index is 5.91. The third kappa shape index (κ3) is 6.37. The summed E-state index contributed by atoms with van der Waals surface area (Å²) in [5, 5.41) is 7.78. The number of aromatic nitrogens is 1. The molecule has 1 aromatic heterocycles. The second-order valence-electron chi connectivity index (χ2n) is 6.30. The fourth-order valence-electron chi connectivity index (χ4n) is 2.81. The van der Waals surface area contributed by atoms with Crippen molar-refractivity contribution in [3.05, 3.63) is 72.4 Å². The summed E-state index contributed by atoms with van der Waals surface area (Å²) in [6.45, 7) is 6.16. The van der Waals surface area contributed by atoms with Crippen LogP contribution < -0.4 is 15.4 Å². The lowest BCUT2D eigenvalue weighted by atomic mass is 10.1. The molecule has 2 N–H and O–H groups in total. The van der Waals surface area contributed by atoms with Gasteiger partial charge in [-0.2, -0.15) is 0 Å². The first-order valence-corrected chi connectivity index (χ1v) is 9.32. The van der Waals surface area contributed by atoms with Crippen LogP contribution in [0.4, 0.5) is 0 Å². The molecule has 0 radical (unpaired) electrons. The molecule has 0 saturated carbocycles. The Labute approximate surface area is 183 Å². The van der Waals surface area contributed by atoms with Crippen LogP contribution in [0, 0.1) is 0 Å². The number of aliphatic imine (C=N–C) groups is 1. The van der Waals surface area contributed by atoms with Crippen molar-refractivity contribution >= 4 is 40.8 Å². The zero-order valence-electron chi connectivity index (χ0n) is 16.3. The van der Waals surface area contributed by atoms with Gasteiger partial charge in [-0.1, -0.05) is 36.4 Å². The van der Waals surface area contributed by atoms with Gasteiger partial charge in [0.25, 0.3) is 0 Å². The molecule has 0 amide bonds. The molecule has 1 heterocycles. The van der Waals surface area contributed by atoms with E-state index in [9.17, 15) is 0 Å². The van der Waals surface area contributed by atoms with Crippen molar-refractivity contribution in [3.63, 3.8) is 0 Å². The molecule has 148 valence electrons. The Morgan fingerprint density at radius 3 is 2.57 bits per heavy atom. The number of guanidine groups is 1. The number of fused-ring (bicyclic) bond motifs is 1. The largest absolute Gasteiger partial charge is 0.489 e. The number of para-hydroxylation sites is 2. The third-order valence-electron chi connectivity index (χ3n) is 4.13. The molecule has 0 aliphatic heterocycles. The summed E-state index contributed by atoms with van der Waals surface area (Å²) in [6.07, 6.45) is 1.86. The number of ether oxygens (including phenoxy) is 1. The Kier molecular flexibility index (Phi) is 9.00. The lowest BCUT2D eigenvalue weighted by Gasteiger charge is -2.17. The predicted octanol–water partition coefficient (Wildman–Crippen LogP) is 4.38. The van der Waals surface area contributed by atoms with Crippen molar-refractivity contribution in [3.8, 4) is 5.75 Å². The number of hydrogen-bond donors (Lipinski definition) is 2. The Balaban J connectivity index is 0.00000280. The maximum absolute atomic E-state index is 5.91. The van der Waals surface area contributed by atoms with Gasteiger partial charge < -0.3 is 15.4 Å². The Bertz CT molecular complexity index is 881. The smallest absolute Gasteiger partial charge is 0.191 e. The van der Waals surface area contributed by atoms with Gasteiger partial charge in [0.05, 0.1) is 18.6 Å². The van der Waals surface area contributed by atoms with Crippen molar-refractivity contribution in [1.82, 2.24) is 15.6 Å². The Hall–Kier alpha value is -2.35. The summed E-state index contributed by atoms with van der Waals surface area (Å²) in [6, 6.07) is 20.0. The van der Waals surface area contributed by atoms with Crippen molar-refractivity contribution in [2.24, 2.45) is 4.99 Å². The topological polar surface area (TPSA) is 58.5 Å². The number of nitrogens with zero attached hydrogens (tertiary/aromatic N) is 2. The molecule has 3 rings (SSSR count). The minimum Gasteiger partial charge on any atom is -0.489 e. The van der Waals surface area contributed by atoms with Crippen LogP contribution in [0.2, 0.25) is 0 Å². The number of pyridine rings is 1. The average Bonchev–Trinajstić information content (AvgIpc) is 2.71. The van der Waals surface area contributed by atoms with Crippen LogP contribution in [-0.2, 0) is 6.54 Å². The van der Waals surface area contributed by atoms with Crippen molar-refractivity contribution in [2.75, 3.05) is 13.1 Å². The predicted molar refractivity (Wildman–Crippen MR) is 127 cm³/mol. The minimum atomic E-state index is 0. The molecule has 5 nitrogen and oxygen atoms in total. The Morgan fingerprint density at radius 2 is 1.79 bits per heavy atom. The summed E-state index contributed by atoms with van der Waals surface area (Å²) in [7, 11) is 0. The van der Waals surface area contributed by atoms with E-state index in [2.05, 4.69) is 28.6 Å². The van der Waals surface area contributed by atoms with Crippen LogP contribution in [0.5, 0.6) is 5.75 Å². The van der Waals surface area contributed by atoms with Gasteiger partial charge >= 0.3 is 0 Å². The van der Waals surface area contributed by atoms with Gasteiger partial charge in [-0.15, -0.1) is 24.0 Å². The molecular formula is C22H27IN4O. The van der Waals surface area contributed by atoms with E-state index in [1.807, 2.05) is 67.7 Å². The zero-order chi connectivity index (χ0) is 18.9. The van der Waals surface area contributed by atoms with Crippen LogP contribution in [-0.4, -0.2) is 30.1 Å². The zero-order valence-corrected chi connectivity index (χ0v) is 18.6. The highest BCUT2D eigenvalue weighted by atomic mass is 127. The fraction of sp³-hybridized carbons (Fsp3) is 0.273. The highest BCUT2D eigenvalue weighted by molar-refractivity contribution is 14.0. The van der Waals surface area contributed by atoms with Crippen LogP contribution >= 0.6 is 24.0 Å². The number of hydrogen-bond acceptors (Lipinski definition) is 3. The van der Waals surface area contributed by atoms with Gasteiger partial charge in [0.15, 0.2) is 5.96 Å². The second kappa shape index (κ2) is 11.5. The van der Waals surface area contributed by atoms with E-state index in [4.69, 9.17) is 9.73 Å². The first kappa shape index (κ1) is 21.9. The van der Waals surface area contributed by atoms with Gasteiger partial charge in [-0.05, 0) is 43.7 Å². The van der Waals surface area contributed by atoms with E-state index in [0.29, 0.717) is 13.1 Å². The standard InChI is InChI=1S/C22H26N4O.HI/c1-3-23-22(25-15-17(2)27-19-9-5-4-6-10-19)26-16-18-13-14-24-21-12-8-7-11-20(18)21;/h4-14,17H,3,15-16H2,1-2H3,(H2,23,25,26);1H. The molecule has 1 unspecified atom stereocenters. The molecule has 2 aromatic carbocycles. The average molecular weight is 490 g/mol. The fourth-order valence-corrected chi connectivity index (χ4v) is 2.81. The van der Waals surface area contributed by atoms with Crippen LogP contribution in [0.25, 0.3) is 10.9 Å². The minimum absolute atomic E-state index is 0. The summed E-state index contributed by atoms with van der Waals surface area (Å²) in [4.78, 5) is 9.13. The van der Waals surface area contributed by atoms with Crippen molar-refractivity contribution in [1.29, 1.82) is 0 Å². The summed E-state index contributed by atoms with van der Waals surface area (Å²) < 4.78 is 5.91. The molecule has 28 heavy (non-hydrogen) atoms. The Morgan fingerprint density at radius 1 is 1.04 bits per heavy atom.